The zero-order valence-electron chi connectivity index (χ0n) is 23.4. The summed E-state index contributed by atoms with van der Waals surface area (Å²) in [5.74, 6) is -0.707. The van der Waals surface area contributed by atoms with E-state index >= 15 is 0 Å². The number of benzene rings is 3. The molecule has 1 N–H and O–H groups in total. The van der Waals surface area contributed by atoms with Gasteiger partial charge in [-0.1, -0.05) is 79.6 Å². The highest BCUT2D eigenvalue weighted by molar-refractivity contribution is 7.92. The maximum absolute atomic E-state index is 14.0. The maximum atomic E-state index is 14.0. The number of aryl methyl sites for hydroxylation is 2. The van der Waals surface area contributed by atoms with Crippen LogP contribution in [0.4, 0.5) is 5.69 Å². The molecule has 7 nitrogen and oxygen atoms in total. The van der Waals surface area contributed by atoms with Gasteiger partial charge in [-0.15, -0.1) is 0 Å². The highest BCUT2D eigenvalue weighted by Gasteiger charge is 2.33. The number of sulfonamides is 1. The number of carbonyl (C=O) groups excluding carboxylic acids is 2. The number of anilines is 1. The SMILES string of the molecule is CC[C@@H](C)NC(=O)[C@H](CC)N(Cc1ccc(C)cc1)C(=O)CN(c1ccc(C)cc1)S(=O)(=O)c1ccccc1. The van der Waals surface area contributed by atoms with Gasteiger partial charge in [-0.05, 0) is 63.4 Å². The van der Waals surface area contributed by atoms with E-state index in [-0.39, 0.29) is 23.4 Å². The normalized spacial score (nSPS) is 12.8. The maximum Gasteiger partial charge on any atom is 0.264 e. The molecule has 0 radical (unpaired) electrons. The molecule has 0 fully saturated rings. The van der Waals surface area contributed by atoms with Crippen molar-refractivity contribution in [3.63, 3.8) is 0 Å². The standard InChI is InChI=1S/C31H39N3O4S/c1-6-25(5)32-31(36)29(7-2)33(21-26-17-13-23(3)14-18-26)30(35)22-34(27-19-15-24(4)16-20-27)39(37,38)28-11-9-8-10-12-28/h8-20,25,29H,6-7,21-22H2,1-5H3,(H,32,36)/t25-,29+/m1/s1. The molecule has 0 unspecified atom stereocenters. The molecule has 0 bridgehead atoms. The molecule has 208 valence electrons. The summed E-state index contributed by atoms with van der Waals surface area (Å²) in [5.41, 5.74) is 3.29. The highest BCUT2D eigenvalue weighted by Crippen LogP contribution is 2.25. The summed E-state index contributed by atoms with van der Waals surface area (Å²) in [5, 5.41) is 2.99. The highest BCUT2D eigenvalue weighted by atomic mass is 32.2. The first-order valence-corrected chi connectivity index (χ1v) is 14.8. The molecule has 3 rings (SSSR count). The molecular formula is C31H39N3O4S. The zero-order chi connectivity index (χ0) is 28.6. The molecule has 0 aliphatic carbocycles. The topological polar surface area (TPSA) is 86.8 Å². The Labute approximate surface area is 232 Å². The third-order valence-electron chi connectivity index (χ3n) is 6.79. The second-order valence-electron chi connectivity index (χ2n) is 9.91. The third kappa shape index (κ3) is 7.69. The quantitative estimate of drug-likeness (QED) is 0.336. The van der Waals surface area contributed by atoms with Crippen molar-refractivity contribution in [2.24, 2.45) is 0 Å². The van der Waals surface area contributed by atoms with Crippen molar-refractivity contribution in [2.45, 2.75) is 71.0 Å². The van der Waals surface area contributed by atoms with Crippen molar-refractivity contribution in [3.05, 3.63) is 95.6 Å². The first-order valence-electron chi connectivity index (χ1n) is 13.4. The van der Waals surface area contributed by atoms with E-state index in [9.17, 15) is 18.0 Å². The second-order valence-corrected chi connectivity index (χ2v) is 11.8. The molecule has 0 saturated carbocycles. The number of nitrogens with one attached hydrogen (secondary N) is 1. The number of amides is 2. The summed E-state index contributed by atoms with van der Waals surface area (Å²) in [4.78, 5) is 28.9. The average Bonchev–Trinajstić information content (AvgIpc) is 2.93. The molecule has 3 aromatic rings. The van der Waals surface area contributed by atoms with Gasteiger partial charge in [-0.25, -0.2) is 8.42 Å². The van der Waals surface area contributed by atoms with Gasteiger partial charge in [0, 0.05) is 12.6 Å². The van der Waals surface area contributed by atoms with Crippen LogP contribution in [0.25, 0.3) is 0 Å². The van der Waals surface area contributed by atoms with Gasteiger partial charge in [0.15, 0.2) is 0 Å². The van der Waals surface area contributed by atoms with Gasteiger partial charge in [-0.2, -0.15) is 0 Å². The van der Waals surface area contributed by atoms with Crippen molar-refractivity contribution >= 4 is 27.5 Å². The van der Waals surface area contributed by atoms with E-state index in [2.05, 4.69) is 5.32 Å². The zero-order valence-corrected chi connectivity index (χ0v) is 24.2. The number of hydrogen-bond acceptors (Lipinski definition) is 4. The first-order chi connectivity index (χ1) is 18.6. The van der Waals surface area contributed by atoms with Crippen LogP contribution in [0.3, 0.4) is 0 Å². The van der Waals surface area contributed by atoms with Gasteiger partial charge in [0.25, 0.3) is 10.0 Å². The Morgan fingerprint density at radius 1 is 0.821 bits per heavy atom. The Balaban J connectivity index is 2.03. The van der Waals surface area contributed by atoms with Crippen molar-refractivity contribution in [1.82, 2.24) is 10.2 Å². The summed E-state index contributed by atoms with van der Waals surface area (Å²) in [7, 11) is -4.06. The van der Waals surface area contributed by atoms with E-state index in [0.717, 1.165) is 27.4 Å². The number of rotatable bonds is 12. The first kappa shape index (κ1) is 29.9. The van der Waals surface area contributed by atoms with Crippen LogP contribution in [0.5, 0.6) is 0 Å². The number of nitrogens with zero attached hydrogens (tertiary/aromatic N) is 2. The van der Waals surface area contributed by atoms with Gasteiger partial charge < -0.3 is 10.2 Å². The van der Waals surface area contributed by atoms with Crippen molar-refractivity contribution in [1.29, 1.82) is 0 Å². The second kappa shape index (κ2) is 13.4. The van der Waals surface area contributed by atoms with E-state index in [1.165, 1.54) is 17.0 Å². The summed E-state index contributed by atoms with van der Waals surface area (Å²) < 4.78 is 28.7. The predicted molar refractivity (Wildman–Crippen MR) is 156 cm³/mol. The fourth-order valence-electron chi connectivity index (χ4n) is 4.21. The van der Waals surface area contributed by atoms with Crippen LogP contribution in [0, 0.1) is 13.8 Å². The minimum Gasteiger partial charge on any atom is -0.352 e. The van der Waals surface area contributed by atoms with Crippen molar-refractivity contribution in [2.75, 3.05) is 10.8 Å². The van der Waals surface area contributed by atoms with Crippen LogP contribution in [0.15, 0.2) is 83.8 Å². The van der Waals surface area contributed by atoms with Crippen LogP contribution in [0.2, 0.25) is 0 Å². The van der Waals surface area contributed by atoms with Crippen LogP contribution >= 0.6 is 0 Å². The van der Waals surface area contributed by atoms with E-state index < -0.39 is 28.5 Å². The monoisotopic (exact) mass is 549 g/mol. The van der Waals surface area contributed by atoms with Gasteiger partial charge in [0.05, 0.1) is 10.6 Å². The smallest absolute Gasteiger partial charge is 0.264 e. The minimum absolute atomic E-state index is 0.0506. The molecule has 0 heterocycles. The van der Waals surface area contributed by atoms with Crippen LogP contribution < -0.4 is 9.62 Å². The Hall–Kier alpha value is -3.65. The third-order valence-corrected chi connectivity index (χ3v) is 8.58. The predicted octanol–water partition coefficient (Wildman–Crippen LogP) is 5.22. The Kier molecular flexibility index (Phi) is 10.3. The molecule has 0 spiro atoms. The summed E-state index contributed by atoms with van der Waals surface area (Å²) in [6.07, 6.45) is 1.14. The Morgan fingerprint density at radius 3 is 1.92 bits per heavy atom. The minimum atomic E-state index is -4.06. The van der Waals surface area contributed by atoms with Gasteiger partial charge >= 0.3 is 0 Å². The fraction of sp³-hybridized carbons (Fsp3) is 0.355. The lowest BCUT2D eigenvalue weighted by Crippen LogP contribution is -2.53. The fourth-order valence-corrected chi connectivity index (χ4v) is 5.65. The van der Waals surface area contributed by atoms with E-state index in [1.807, 2.05) is 71.0 Å². The van der Waals surface area contributed by atoms with Crippen LogP contribution in [-0.4, -0.2) is 43.8 Å². The Morgan fingerprint density at radius 2 is 1.38 bits per heavy atom. The van der Waals surface area contributed by atoms with E-state index in [0.29, 0.717) is 12.1 Å². The number of carbonyl (C=O) groups is 2. The number of hydrogen-bond donors (Lipinski definition) is 1. The van der Waals surface area contributed by atoms with Gasteiger partial charge in [0.2, 0.25) is 11.8 Å². The van der Waals surface area contributed by atoms with Crippen LogP contribution in [0.1, 0.15) is 50.3 Å². The van der Waals surface area contributed by atoms with Gasteiger partial charge in [0.1, 0.15) is 12.6 Å². The summed E-state index contributed by atoms with van der Waals surface area (Å²) in [6.45, 7) is 9.38. The summed E-state index contributed by atoms with van der Waals surface area (Å²) in [6, 6.07) is 22.0. The molecule has 2 amide bonds. The van der Waals surface area contributed by atoms with E-state index in [1.54, 1.807) is 30.3 Å². The van der Waals surface area contributed by atoms with Crippen molar-refractivity contribution < 1.29 is 18.0 Å². The molecule has 0 aliphatic heterocycles. The van der Waals surface area contributed by atoms with Crippen LogP contribution in [-0.2, 0) is 26.2 Å². The molecular weight excluding hydrogens is 510 g/mol. The average molecular weight is 550 g/mol. The molecule has 3 aromatic carbocycles. The lowest BCUT2D eigenvalue weighted by Gasteiger charge is -2.33. The molecule has 8 heteroatoms. The molecule has 0 aromatic heterocycles. The lowest BCUT2D eigenvalue weighted by molar-refractivity contribution is -0.140. The van der Waals surface area contributed by atoms with Crippen molar-refractivity contribution in [3.8, 4) is 0 Å². The summed E-state index contributed by atoms with van der Waals surface area (Å²) >= 11 is 0. The molecule has 39 heavy (non-hydrogen) atoms. The Bertz CT molecular complexity index is 1340. The largest absolute Gasteiger partial charge is 0.352 e. The molecule has 2 atom stereocenters. The lowest BCUT2D eigenvalue weighted by atomic mass is 10.1. The van der Waals surface area contributed by atoms with Gasteiger partial charge in [-0.3, -0.25) is 13.9 Å². The molecule has 0 saturated heterocycles. The molecule has 0 aliphatic rings. The van der Waals surface area contributed by atoms with E-state index in [4.69, 9.17) is 0 Å².